The Morgan fingerprint density at radius 3 is 2.67 bits per heavy atom. The van der Waals surface area contributed by atoms with E-state index in [0.717, 1.165) is 35.4 Å². The van der Waals surface area contributed by atoms with Crippen LogP contribution in [-0.2, 0) is 6.42 Å². The Bertz CT molecular complexity index is 696. The van der Waals surface area contributed by atoms with Gasteiger partial charge in [0.15, 0.2) is 0 Å². The van der Waals surface area contributed by atoms with Gasteiger partial charge in [-0.1, -0.05) is 30.3 Å². The maximum Gasteiger partial charge on any atom is 0.211 e. The molecule has 2 aromatic rings. The summed E-state index contributed by atoms with van der Waals surface area (Å²) < 4.78 is 5.68. The monoisotopic (exact) mass is 282 g/mol. The van der Waals surface area contributed by atoms with Gasteiger partial charge in [0.05, 0.1) is 12.0 Å². The van der Waals surface area contributed by atoms with Crippen molar-refractivity contribution in [2.75, 3.05) is 0 Å². The van der Waals surface area contributed by atoms with Crippen molar-refractivity contribution in [3.8, 4) is 0 Å². The highest BCUT2D eigenvalue weighted by molar-refractivity contribution is 6.04. The molecule has 1 atom stereocenters. The Balaban J connectivity index is 2.01. The van der Waals surface area contributed by atoms with Gasteiger partial charge < -0.3 is 15.9 Å². The number of guanidine groups is 1. The van der Waals surface area contributed by atoms with Crippen molar-refractivity contribution in [1.29, 1.82) is 0 Å². The number of nitrogens with zero attached hydrogens (tertiary/aromatic N) is 2. The molecule has 0 radical (unpaired) electrons. The van der Waals surface area contributed by atoms with Gasteiger partial charge >= 0.3 is 0 Å². The van der Waals surface area contributed by atoms with Crippen LogP contribution in [0.3, 0.4) is 0 Å². The van der Waals surface area contributed by atoms with Crippen LogP contribution >= 0.6 is 0 Å². The number of rotatable bonds is 2. The van der Waals surface area contributed by atoms with Crippen LogP contribution in [0.25, 0.3) is 0 Å². The summed E-state index contributed by atoms with van der Waals surface area (Å²) in [5.74, 6) is 1.25. The molecule has 5 nitrogen and oxygen atoms in total. The Labute approximate surface area is 123 Å². The first-order chi connectivity index (χ1) is 10.1. The van der Waals surface area contributed by atoms with Gasteiger partial charge in [-0.25, -0.2) is 0 Å². The Kier molecular flexibility index (Phi) is 3.48. The predicted octanol–water partition coefficient (Wildman–Crippen LogP) is 2.30. The number of hydrogen-bond acceptors (Lipinski definition) is 3. The van der Waals surface area contributed by atoms with Crippen molar-refractivity contribution >= 4 is 11.7 Å². The largest absolute Gasteiger partial charge is 0.468 e. The molecule has 0 fully saturated rings. The quantitative estimate of drug-likeness (QED) is 0.503. The fraction of sp³-hybridized carbons (Fsp3) is 0.250. The van der Waals surface area contributed by atoms with Crippen LogP contribution < -0.4 is 11.5 Å². The van der Waals surface area contributed by atoms with Crippen molar-refractivity contribution in [1.82, 2.24) is 0 Å². The molecule has 0 spiro atoms. The molecule has 21 heavy (non-hydrogen) atoms. The standard InChI is InChI=1S/C16H18N4O/c1-10-9-21-14-8-12(11-5-3-2-4-6-11)7-13(15(10)14)19-20-16(17)18/h2-6,9,12H,7-8H2,1H3,(H4,17,18,20)/b19-13+. The highest BCUT2D eigenvalue weighted by Crippen LogP contribution is 2.35. The first-order valence-corrected chi connectivity index (χ1v) is 6.93. The van der Waals surface area contributed by atoms with E-state index in [4.69, 9.17) is 15.9 Å². The summed E-state index contributed by atoms with van der Waals surface area (Å²) in [7, 11) is 0. The average Bonchev–Trinajstić information content (AvgIpc) is 2.87. The molecule has 4 N–H and O–H groups in total. The maximum absolute atomic E-state index is 5.68. The Hall–Kier alpha value is -2.56. The minimum atomic E-state index is -0.0352. The van der Waals surface area contributed by atoms with Gasteiger partial charge in [-0.2, -0.15) is 5.10 Å². The average molecular weight is 282 g/mol. The molecule has 1 aromatic heterocycles. The summed E-state index contributed by atoms with van der Waals surface area (Å²) in [6, 6.07) is 10.4. The summed E-state index contributed by atoms with van der Waals surface area (Å²) in [5.41, 5.74) is 15.0. The van der Waals surface area contributed by atoms with Gasteiger partial charge in [0, 0.05) is 12.0 Å². The lowest BCUT2D eigenvalue weighted by molar-refractivity contribution is 0.480. The molecule has 1 aliphatic carbocycles. The van der Waals surface area contributed by atoms with Crippen molar-refractivity contribution in [3.05, 3.63) is 59.0 Å². The third-order valence-electron chi connectivity index (χ3n) is 3.77. The molecule has 0 saturated carbocycles. The molecule has 1 aromatic carbocycles. The molecule has 0 aliphatic heterocycles. The zero-order valence-corrected chi connectivity index (χ0v) is 11.9. The SMILES string of the molecule is Cc1coc2c1/C(=N/N=C(N)N)CC(c1ccccc1)C2. The molecule has 0 bridgehead atoms. The Morgan fingerprint density at radius 2 is 1.95 bits per heavy atom. The number of benzene rings is 1. The topological polar surface area (TPSA) is 89.9 Å². The minimum absolute atomic E-state index is 0.0352. The molecule has 1 unspecified atom stereocenters. The fourth-order valence-electron chi connectivity index (χ4n) is 2.84. The first-order valence-electron chi connectivity index (χ1n) is 6.93. The number of nitrogens with two attached hydrogens (primary N) is 2. The number of hydrogen-bond donors (Lipinski definition) is 2. The highest BCUT2D eigenvalue weighted by Gasteiger charge is 2.29. The number of aryl methyl sites for hydroxylation is 1. The van der Waals surface area contributed by atoms with E-state index < -0.39 is 0 Å². The van der Waals surface area contributed by atoms with Crippen LogP contribution in [-0.4, -0.2) is 11.7 Å². The van der Waals surface area contributed by atoms with E-state index in [1.54, 1.807) is 6.26 Å². The van der Waals surface area contributed by atoms with Crippen LogP contribution in [0, 0.1) is 6.92 Å². The lowest BCUT2D eigenvalue weighted by Crippen LogP contribution is -2.23. The second kappa shape index (κ2) is 5.44. The normalized spacial score (nSPS) is 19.3. The summed E-state index contributed by atoms with van der Waals surface area (Å²) >= 11 is 0. The minimum Gasteiger partial charge on any atom is -0.468 e. The molecule has 5 heteroatoms. The van der Waals surface area contributed by atoms with Gasteiger partial charge in [-0.15, -0.1) is 5.10 Å². The second-order valence-corrected chi connectivity index (χ2v) is 5.30. The van der Waals surface area contributed by atoms with Gasteiger partial charge in [0.1, 0.15) is 5.76 Å². The lowest BCUT2D eigenvalue weighted by atomic mass is 9.81. The molecule has 3 rings (SSSR count). The highest BCUT2D eigenvalue weighted by atomic mass is 16.3. The van der Waals surface area contributed by atoms with E-state index in [9.17, 15) is 0 Å². The molecular formula is C16H18N4O. The van der Waals surface area contributed by atoms with E-state index in [1.807, 2.05) is 25.1 Å². The van der Waals surface area contributed by atoms with E-state index in [-0.39, 0.29) is 5.96 Å². The van der Waals surface area contributed by atoms with Crippen molar-refractivity contribution in [3.63, 3.8) is 0 Å². The molecule has 0 saturated heterocycles. The zero-order valence-electron chi connectivity index (χ0n) is 11.9. The first kappa shape index (κ1) is 13.4. The summed E-state index contributed by atoms with van der Waals surface area (Å²) in [4.78, 5) is 0. The van der Waals surface area contributed by atoms with E-state index in [2.05, 4.69) is 22.3 Å². The van der Waals surface area contributed by atoms with Crippen LogP contribution in [0.2, 0.25) is 0 Å². The summed E-state index contributed by atoms with van der Waals surface area (Å²) in [6.45, 7) is 2.01. The van der Waals surface area contributed by atoms with E-state index >= 15 is 0 Å². The van der Waals surface area contributed by atoms with Crippen molar-refractivity contribution in [2.45, 2.75) is 25.7 Å². The third-order valence-corrected chi connectivity index (χ3v) is 3.77. The van der Waals surface area contributed by atoms with Gasteiger partial charge in [-0.05, 0) is 30.4 Å². The molecule has 1 heterocycles. The summed E-state index contributed by atoms with van der Waals surface area (Å²) in [5, 5.41) is 8.04. The zero-order chi connectivity index (χ0) is 14.8. The number of furan rings is 1. The third kappa shape index (κ3) is 2.67. The maximum atomic E-state index is 5.68. The van der Waals surface area contributed by atoms with Crippen LogP contribution in [0.4, 0.5) is 0 Å². The van der Waals surface area contributed by atoms with Gasteiger partial charge in [0.25, 0.3) is 0 Å². The van der Waals surface area contributed by atoms with E-state index in [0.29, 0.717) is 5.92 Å². The predicted molar refractivity (Wildman–Crippen MR) is 83.3 cm³/mol. The molecule has 1 aliphatic rings. The van der Waals surface area contributed by atoms with Crippen LogP contribution in [0.5, 0.6) is 0 Å². The van der Waals surface area contributed by atoms with Gasteiger partial charge in [0.2, 0.25) is 5.96 Å². The summed E-state index contributed by atoms with van der Waals surface area (Å²) in [6.07, 6.45) is 3.44. The second-order valence-electron chi connectivity index (χ2n) is 5.30. The number of fused-ring (bicyclic) bond motifs is 1. The van der Waals surface area contributed by atoms with Crippen LogP contribution in [0.15, 0.2) is 51.2 Å². The van der Waals surface area contributed by atoms with Crippen LogP contribution in [0.1, 0.15) is 34.8 Å². The lowest BCUT2D eigenvalue weighted by Gasteiger charge is -2.23. The molecule has 108 valence electrons. The molecular weight excluding hydrogens is 264 g/mol. The van der Waals surface area contributed by atoms with Crippen molar-refractivity contribution in [2.24, 2.45) is 21.7 Å². The fourth-order valence-corrected chi connectivity index (χ4v) is 2.84. The van der Waals surface area contributed by atoms with E-state index in [1.165, 1.54) is 5.56 Å². The Morgan fingerprint density at radius 1 is 1.19 bits per heavy atom. The van der Waals surface area contributed by atoms with Gasteiger partial charge in [-0.3, -0.25) is 0 Å². The molecule has 0 amide bonds. The van der Waals surface area contributed by atoms with Crippen molar-refractivity contribution < 1.29 is 4.42 Å². The smallest absolute Gasteiger partial charge is 0.211 e.